The molecule has 0 heterocycles. The van der Waals surface area contributed by atoms with Gasteiger partial charge in [0.05, 0.1) is 6.07 Å². The number of hydrogen-bond donors (Lipinski definition) is 1. The van der Waals surface area contributed by atoms with Gasteiger partial charge in [-0.05, 0) is 48.2 Å². The molecule has 0 fully saturated rings. The Labute approximate surface area is 153 Å². The van der Waals surface area contributed by atoms with Gasteiger partial charge in [0, 0.05) is 10.6 Å². The quantitative estimate of drug-likeness (QED) is 0.721. The molecule has 0 saturated heterocycles. The summed E-state index contributed by atoms with van der Waals surface area (Å²) in [5, 5.41) is 14.9. The van der Waals surface area contributed by atoms with E-state index >= 15 is 0 Å². The van der Waals surface area contributed by atoms with Gasteiger partial charge in [0.15, 0.2) is 0 Å². The number of nitrogens with one attached hydrogen (secondary N) is 1. The first-order valence-electron chi connectivity index (χ1n) is 8.68. The fraction of sp³-hybridized carbons (Fsp3) is 0.136. The molecular formula is C22H19N2OP. The predicted octanol–water partition coefficient (Wildman–Crippen LogP) is 3.87. The molecule has 3 aromatic carbocycles. The first-order chi connectivity index (χ1) is 12.7. The van der Waals surface area contributed by atoms with E-state index in [1.54, 1.807) is 0 Å². The van der Waals surface area contributed by atoms with Crippen molar-refractivity contribution in [2.75, 3.05) is 0 Å². The zero-order valence-corrected chi connectivity index (χ0v) is 15.2. The third kappa shape index (κ3) is 2.69. The highest BCUT2D eigenvalue weighted by atomic mass is 31.2. The second-order valence-electron chi connectivity index (χ2n) is 6.57. The van der Waals surface area contributed by atoms with Crippen LogP contribution in [0.5, 0.6) is 0 Å². The SMILES string of the molecule is N#CC1(NP(=O)(c2ccccc2)c2ccccc2)CCc2ccccc21. The molecule has 1 aliphatic carbocycles. The molecule has 0 bridgehead atoms. The van der Waals surface area contributed by atoms with E-state index in [9.17, 15) is 9.83 Å². The molecule has 1 aliphatic rings. The van der Waals surface area contributed by atoms with Crippen LogP contribution in [0.3, 0.4) is 0 Å². The minimum Gasteiger partial charge on any atom is -0.296 e. The summed E-state index contributed by atoms with van der Waals surface area (Å²) >= 11 is 0. The van der Waals surface area contributed by atoms with E-state index in [-0.39, 0.29) is 0 Å². The maximum Gasteiger partial charge on any atom is 0.206 e. The minimum atomic E-state index is -3.18. The van der Waals surface area contributed by atoms with Crippen molar-refractivity contribution in [3.8, 4) is 6.07 Å². The van der Waals surface area contributed by atoms with Crippen molar-refractivity contribution in [1.29, 1.82) is 5.26 Å². The molecule has 4 rings (SSSR count). The molecule has 1 N–H and O–H groups in total. The number of aryl methyl sites for hydroxylation is 1. The topological polar surface area (TPSA) is 52.9 Å². The standard InChI is InChI=1S/C22H19N2OP/c23-17-22(16-15-18-9-7-8-14-21(18)22)24-26(25,19-10-3-1-4-11-19)20-12-5-2-6-13-20/h1-14H,15-16H2,(H,24,25). The molecule has 128 valence electrons. The Morgan fingerprint density at radius 2 is 1.38 bits per heavy atom. The van der Waals surface area contributed by atoms with Crippen molar-refractivity contribution < 1.29 is 4.57 Å². The van der Waals surface area contributed by atoms with Crippen LogP contribution in [0, 0.1) is 11.3 Å². The highest BCUT2D eigenvalue weighted by molar-refractivity contribution is 7.77. The molecule has 0 aliphatic heterocycles. The average molecular weight is 358 g/mol. The van der Waals surface area contributed by atoms with E-state index in [1.165, 1.54) is 0 Å². The van der Waals surface area contributed by atoms with Crippen molar-refractivity contribution in [2.24, 2.45) is 0 Å². The van der Waals surface area contributed by atoms with E-state index in [2.05, 4.69) is 11.2 Å². The Balaban J connectivity index is 1.87. The summed E-state index contributed by atoms with van der Waals surface area (Å²) in [4.78, 5) is 0. The zero-order valence-electron chi connectivity index (χ0n) is 14.3. The largest absolute Gasteiger partial charge is 0.296 e. The van der Waals surface area contributed by atoms with Crippen molar-refractivity contribution in [1.82, 2.24) is 5.09 Å². The van der Waals surface area contributed by atoms with Crippen LogP contribution in [0.25, 0.3) is 0 Å². The summed E-state index contributed by atoms with van der Waals surface area (Å²) in [7, 11) is -3.18. The number of rotatable bonds is 4. The maximum absolute atomic E-state index is 14.3. The Morgan fingerprint density at radius 3 is 1.96 bits per heavy atom. The highest BCUT2D eigenvalue weighted by Crippen LogP contribution is 2.47. The predicted molar refractivity (Wildman–Crippen MR) is 105 cm³/mol. The van der Waals surface area contributed by atoms with Crippen LogP contribution in [-0.2, 0) is 16.5 Å². The highest BCUT2D eigenvalue weighted by Gasteiger charge is 2.44. The lowest BCUT2D eigenvalue weighted by molar-refractivity contribution is 0.496. The van der Waals surface area contributed by atoms with Crippen LogP contribution >= 0.6 is 7.29 Å². The summed E-state index contributed by atoms with van der Waals surface area (Å²) in [6.45, 7) is 0. The first-order valence-corrected chi connectivity index (χ1v) is 10.4. The summed E-state index contributed by atoms with van der Waals surface area (Å²) in [5.41, 5.74) is 1.14. The Hall–Kier alpha value is -2.66. The van der Waals surface area contributed by atoms with Crippen LogP contribution in [-0.4, -0.2) is 0 Å². The van der Waals surface area contributed by atoms with Gasteiger partial charge in [-0.3, -0.25) is 4.57 Å². The van der Waals surface area contributed by atoms with E-state index < -0.39 is 12.8 Å². The molecule has 3 aromatic rings. The first kappa shape index (κ1) is 16.8. The van der Waals surface area contributed by atoms with Gasteiger partial charge in [0.2, 0.25) is 7.29 Å². The van der Waals surface area contributed by atoms with Crippen molar-refractivity contribution in [2.45, 2.75) is 18.4 Å². The fourth-order valence-electron chi connectivity index (χ4n) is 3.69. The van der Waals surface area contributed by atoms with Gasteiger partial charge in [-0.25, -0.2) is 5.09 Å². The Bertz CT molecular complexity index is 968. The molecule has 3 nitrogen and oxygen atoms in total. The number of benzene rings is 3. The van der Waals surface area contributed by atoms with Gasteiger partial charge < -0.3 is 0 Å². The van der Waals surface area contributed by atoms with Crippen molar-refractivity contribution >= 4 is 17.9 Å². The number of fused-ring (bicyclic) bond motifs is 1. The zero-order chi connectivity index (χ0) is 18.0. The molecule has 0 amide bonds. The third-order valence-corrected chi connectivity index (χ3v) is 7.77. The normalized spacial score (nSPS) is 18.9. The third-order valence-electron chi connectivity index (χ3n) is 5.03. The van der Waals surface area contributed by atoms with E-state index in [1.807, 2.05) is 84.9 Å². The second-order valence-corrected chi connectivity index (χ2v) is 9.04. The van der Waals surface area contributed by atoms with Crippen LogP contribution in [0.1, 0.15) is 17.5 Å². The molecular weight excluding hydrogens is 339 g/mol. The van der Waals surface area contributed by atoms with E-state index in [0.29, 0.717) is 17.0 Å². The van der Waals surface area contributed by atoms with E-state index in [4.69, 9.17) is 0 Å². The summed E-state index contributed by atoms with van der Waals surface area (Å²) < 4.78 is 14.3. The Kier molecular flexibility index (Phi) is 4.24. The van der Waals surface area contributed by atoms with Gasteiger partial charge in [0.1, 0.15) is 5.54 Å². The average Bonchev–Trinajstić information content (AvgIpc) is 3.08. The molecule has 4 heteroatoms. The minimum absolute atomic E-state index is 0.618. The molecule has 26 heavy (non-hydrogen) atoms. The summed E-state index contributed by atoms with van der Waals surface area (Å²) in [6, 6.07) is 29.2. The number of nitriles is 1. The number of nitrogens with zero attached hydrogens (tertiary/aromatic N) is 1. The van der Waals surface area contributed by atoms with Crippen LogP contribution in [0.15, 0.2) is 84.9 Å². The smallest absolute Gasteiger partial charge is 0.206 e. The second kappa shape index (κ2) is 6.57. The lowest BCUT2D eigenvalue weighted by atomic mass is 9.95. The van der Waals surface area contributed by atoms with Crippen LogP contribution in [0.2, 0.25) is 0 Å². The molecule has 0 spiro atoms. The van der Waals surface area contributed by atoms with Gasteiger partial charge in [-0.15, -0.1) is 0 Å². The lowest BCUT2D eigenvalue weighted by Crippen LogP contribution is -2.42. The lowest BCUT2D eigenvalue weighted by Gasteiger charge is -2.31. The van der Waals surface area contributed by atoms with Crippen LogP contribution < -0.4 is 15.7 Å². The van der Waals surface area contributed by atoms with Crippen molar-refractivity contribution in [3.63, 3.8) is 0 Å². The Morgan fingerprint density at radius 1 is 0.846 bits per heavy atom. The monoisotopic (exact) mass is 358 g/mol. The van der Waals surface area contributed by atoms with Gasteiger partial charge >= 0.3 is 0 Å². The number of hydrogen-bond acceptors (Lipinski definition) is 2. The fourth-order valence-corrected chi connectivity index (χ4v) is 6.25. The molecule has 0 saturated carbocycles. The van der Waals surface area contributed by atoms with Gasteiger partial charge in [-0.1, -0.05) is 60.7 Å². The van der Waals surface area contributed by atoms with Crippen LogP contribution in [0.4, 0.5) is 0 Å². The summed E-state index contributed by atoms with van der Waals surface area (Å²) in [6.07, 6.45) is 1.42. The molecule has 0 aromatic heterocycles. The van der Waals surface area contributed by atoms with E-state index in [0.717, 1.165) is 17.5 Å². The van der Waals surface area contributed by atoms with Gasteiger partial charge in [-0.2, -0.15) is 5.26 Å². The maximum atomic E-state index is 14.3. The molecule has 0 radical (unpaired) electrons. The summed E-state index contributed by atoms with van der Waals surface area (Å²) in [5.74, 6) is 0. The molecule has 1 atom stereocenters. The van der Waals surface area contributed by atoms with Crippen molar-refractivity contribution in [3.05, 3.63) is 96.1 Å². The van der Waals surface area contributed by atoms with Gasteiger partial charge in [0.25, 0.3) is 0 Å². The molecule has 1 unspecified atom stereocenters.